The number of likely N-dealkylation sites (N-methyl/N-ethyl adjacent to an activating group) is 1. The standard InChI is InChI=1S/C18H30N2/c1-13-6-8-17(9-7-13)18(19-5)16(4)20-11-10-14(2)12-15(20)3/h6-9,14-16,18-19H,10-12H2,1-5H3. The molecule has 0 aromatic heterocycles. The molecule has 0 radical (unpaired) electrons. The summed E-state index contributed by atoms with van der Waals surface area (Å²) >= 11 is 0. The lowest BCUT2D eigenvalue weighted by Crippen LogP contribution is -2.50. The molecule has 0 bridgehead atoms. The SMILES string of the molecule is CNC(c1ccc(C)cc1)C(C)N1CCC(C)CC1C. The van der Waals surface area contributed by atoms with Gasteiger partial charge >= 0.3 is 0 Å². The van der Waals surface area contributed by atoms with Crippen molar-refractivity contribution in [1.82, 2.24) is 10.2 Å². The van der Waals surface area contributed by atoms with Crippen molar-refractivity contribution in [3.63, 3.8) is 0 Å². The fourth-order valence-corrected chi connectivity index (χ4v) is 3.68. The fourth-order valence-electron chi connectivity index (χ4n) is 3.68. The normalized spacial score (nSPS) is 27.2. The zero-order chi connectivity index (χ0) is 14.7. The monoisotopic (exact) mass is 274 g/mol. The van der Waals surface area contributed by atoms with Crippen LogP contribution in [0.15, 0.2) is 24.3 Å². The number of piperidine rings is 1. The summed E-state index contributed by atoms with van der Waals surface area (Å²) in [4.78, 5) is 2.68. The van der Waals surface area contributed by atoms with Crippen LogP contribution in [0, 0.1) is 12.8 Å². The highest BCUT2D eigenvalue weighted by atomic mass is 15.2. The van der Waals surface area contributed by atoms with Crippen molar-refractivity contribution in [2.75, 3.05) is 13.6 Å². The number of nitrogens with one attached hydrogen (secondary N) is 1. The van der Waals surface area contributed by atoms with E-state index < -0.39 is 0 Å². The third-order valence-corrected chi connectivity index (χ3v) is 4.94. The number of aryl methyl sites for hydroxylation is 1. The topological polar surface area (TPSA) is 15.3 Å². The summed E-state index contributed by atoms with van der Waals surface area (Å²) in [5.41, 5.74) is 2.73. The molecule has 1 heterocycles. The van der Waals surface area contributed by atoms with E-state index in [1.807, 2.05) is 0 Å². The number of likely N-dealkylation sites (tertiary alicyclic amines) is 1. The minimum absolute atomic E-state index is 0.409. The molecule has 0 amide bonds. The molecule has 2 rings (SSSR count). The molecule has 1 aliphatic heterocycles. The van der Waals surface area contributed by atoms with Gasteiger partial charge in [-0.25, -0.2) is 0 Å². The number of rotatable bonds is 4. The van der Waals surface area contributed by atoms with Crippen molar-refractivity contribution in [2.24, 2.45) is 5.92 Å². The molecule has 1 fully saturated rings. The summed E-state index contributed by atoms with van der Waals surface area (Å²) in [6.45, 7) is 10.5. The highest BCUT2D eigenvalue weighted by Crippen LogP contribution is 2.29. The Balaban J connectivity index is 2.12. The average molecular weight is 274 g/mol. The van der Waals surface area contributed by atoms with E-state index in [4.69, 9.17) is 0 Å². The number of benzene rings is 1. The van der Waals surface area contributed by atoms with Crippen molar-refractivity contribution < 1.29 is 0 Å². The zero-order valence-electron chi connectivity index (χ0n) is 13.7. The van der Waals surface area contributed by atoms with Crippen molar-refractivity contribution in [2.45, 2.75) is 58.7 Å². The summed E-state index contributed by atoms with van der Waals surface area (Å²) in [5, 5.41) is 3.52. The van der Waals surface area contributed by atoms with Gasteiger partial charge in [0, 0.05) is 18.1 Å². The first-order valence-corrected chi connectivity index (χ1v) is 8.02. The second-order valence-corrected chi connectivity index (χ2v) is 6.63. The molecular formula is C18H30N2. The van der Waals surface area contributed by atoms with Crippen LogP contribution in [0.2, 0.25) is 0 Å². The van der Waals surface area contributed by atoms with Crippen molar-refractivity contribution in [3.8, 4) is 0 Å². The molecule has 1 aliphatic rings. The van der Waals surface area contributed by atoms with Gasteiger partial charge in [-0.1, -0.05) is 36.8 Å². The number of hydrogen-bond acceptors (Lipinski definition) is 2. The summed E-state index contributed by atoms with van der Waals surface area (Å²) < 4.78 is 0. The first-order valence-electron chi connectivity index (χ1n) is 8.02. The van der Waals surface area contributed by atoms with Gasteiger partial charge in [0.05, 0.1) is 0 Å². The van der Waals surface area contributed by atoms with Crippen LogP contribution in [0.25, 0.3) is 0 Å². The first-order chi connectivity index (χ1) is 9.52. The predicted molar refractivity (Wildman–Crippen MR) is 87.0 cm³/mol. The van der Waals surface area contributed by atoms with E-state index in [0.717, 1.165) is 5.92 Å². The predicted octanol–water partition coefficient (Wildman–Crippen LogP) is 3.76. The minimum atomic E-state index is 0.409. The van der Waals surface area contributed by atoms with Gasteiger partial charge in [0.15, 0.2) is 0 Å². The minimum Gasteiger partial charge on any atom is -0.312 e. The van der Waals surface area contributed by atoms with E-state index in [2.05, 4.69) is 69.2 Å². The Labute approximate surface area is 124 Å². The van der Waals surface area contributed by atoms with Crippen LogP contribution in [0.1, 0.15) is 50.8 Å². The Morgan fingerprint density at radius 3 is 2.40 bits per heavy atom. The van der Waals surface area contributed by atoms with E-state index in [9.17, 15) is 0 Å². The fraction of sp³-hybridized carbons (Fsp3) is 0.667. The summed E-state index contributed by atoms with van der Waals surface area (Å²) in [6, 6.07) is 10.6. The van der Waals surface area contributed by atoms with Crippen molar-refractivity contribution in [3.05, 3.63) is 35.4 Å². The van der Waals surface area contributed by atoms with Gasteiger partial charge in [-0.3, -0.25) is 4.90 Å². The van der Waals surface area contributed by atoms with Gasteiger partial charge in [0.25, 0.3) is 0 Å². The molecule has 112 valence electrons. The molecule has 1 saturated heterocycles. The first kappa shape index (κ1) is 15.5. The second kappa shape index (κ2) is 6.73. The van der Waals surface area contributed by atoms with Gasteiger partial charge in [0.2, 0.25) is 0 Å². The third-order valence-electron chi connectivity index (χ3n) is 4.94. The molecular weight excluding hydrogens is 244 g/mol. The Kier molecular flexibility index (Phi) is 5.22. The molecule has 4 atom stereocenters. The Bertz CT molecular complexity index is 412. The van der Waals surface area contributed by atoms with E-state index in [1.165, 1.54) is 30.5 Å². The van der Waals surface area contributed by atoms with E-state index >= 15 is 0 Å². The molecule has 1 aromatic rings. The maximum absolute atomic E-state index is 3.52. The van der Waals surface area contributed by atoms with Gasteiger partial charge in [0.1, 0.15) is 0 Å². The smallest absolute Gasteiger partial charge is 0.0473 e. The van der Waals surface area contributed by atoms with Crippen LogP contribution in [0.5, 0.6) is 0 Å². The Morgan fingerprint density at radius 1 is 1.20 bits per heavy atom. The van der Waals surface area contributed by atoms with Crippen LogP contribution in [0.3, 0.4) is 0 Å². The van der Waals surface area contributed by atoms with Crippen LogP contribution in [0.4, 0.5) is 0 Å². The Hall–Kier alpha value is -0.860. The van der Waals surface area contributed by atoms with Crippen molar-refractivity contribution in [1.29, 1.82) is 0 Å². The molecule has 2 nitrogen and oxygen atoms in total. The van der Waals surface area contributed by atoms with E-state index in [1.54, 1.807) is 0 Å². The van der Waals surface area contributed by atoms with Crippen LogP contribution >= 0.6 is 0 Å². The zero-order valence-corrected chi connectivity index (χ0v) is 13.7. The summed E-state index contributed by atoms with van der Waals surface area (Å²) in [6.07, 6.45) is 2.66. The maximum atomic E-state index is 3.52. The van der Waals surface area contributed by atoms with Gasteiger partial charge in [-0.15, -0.1) is 0 Å². The van der Waals surface area contributed by atoms with Gasteiger partial charge in [-0.05, 0) is 58.7 Å². The molecule has 0 saturated carbocycles. The Morgan fingerprint density at radius 2 is 1.85 bits per heavy atom. The summed E-state index contributed by atoms with van der Waals surface area (Å²) in [7, 11) is 2.08. The van der Waals surface area contributed by atoms with E-state index in [0.29, 0.717) is 18.1 Å². The highest BCUT2D eigenvalue weighted by Gasteiger charge is 2.30. The van der Waals surface area contributed by atoms with Crippen LogP contribution < -0.4 is 5.32 Å². The second-order valence-electron chi connectivity index (χ2n) is 6.63. The van der Waals surface area contributed by atoms with Crippen LogP contribution in [-0.4, -0.2) is 30.6 Å². The molecule has 0 spiro atoms. The highest BCUT2D eigenvalue weighted by molar-refractivity contribution is 5.25. The number of hydrogen-bond donors (Lipinski definition) is 1. The van der Waals surface area contributed by atoms with Gasteiger partial charge < -0.3 is 5.32 Å². The van der Waals surface area contributed by atoms with Crippen molar-refractivity contribution >= 4 is 0 Å². The molecule has 2 heteroatoms. The summed E-state index contributed by atoms with van der Waals surface area (Å²) in [5.74, 6) is 0.876. The lowest BCUT2D eigenvalue weighted by atomic mass is 9.89. The molecule has 4 unspecified atom stereocenters. The van der Waals surface area contributed by atoms with Crippen LogP contribution in [-0.2, 0) is 0 Å². The van der Waals surface area contributed by atoms with Gasteiger partial charge in [-0.2, -0.15) is 0 Å². The third kappa shape index (κ3) is 3.42. The largest absolute Gasteiger partial charge is 0.312 e. The number of nitrogens with zero attached hydrogens (tertiary/aromatic N) is 1. The lowest BCUT2D eigenvalue weighted by molar-refractivity contribution is 0.0714. The molecule has 1 N–H and O–H groups in total. The quantitative estimate of drug-likeness (QED) is 0.899. The maximum Gasteiger partial charge on any atom is 0.0473 e. The average Bonchev–Trinajstić information content (AvgIpc) is 2.41. The van der Waals surface area contributed by atoms with E-state index in [-0.39, 0.29) is 0 Å². The molecule has 1 aromatic carbocycles. The lowest BCUT2D eigenvalue weighted by Gasteiger charge is -2.43. The molecule has 0 aliphatic carbocycles. The molecule has 20 heavy (non-hydrogen) atoms.